The van der Waals surface area contributed by atoms with Gasteiger partial charge in [0, 0.05) is 31.2 Å². The van der Waals surface area contributed by atoms with E-state index in [1.165, 1.54) is 4.90 Å². The van der Waals surface area contributed by atoms with Gasteiger partial charge in [-0.05, 0) is 44.2 Å². The molecule has 1 aromatic carbocycles. The second-order valence-corrected chi connectivity index (χ2v) is 7.31. The van der Waals surface area contributed by atoms with E-state index in [0.29, 0.717) is 12.1 Å². The van der Waals surface area contributed by atoms with Crippen LogP contribution in [0.15, 0.2) is 30.3 Å². The molecule has 0 bridgehead atoms. The molecule has 7 heteroatoms. The summed E-state index contributed by atoms with van der Waals surface area (Å²) in [5, 5.41) is 12.1. The van der Waals surface area contributed by atoms with Crippen LogP contribution in [0.4, 0.5) is 0 Å². The summed E-state index contributed by atoms with van der Waals surface area (Å²) >= 11 is 0. The molecule has 2 N–H and O–H groups in total. The lowest BCUT2D eigenvalue weighted by Gasteiger charge is -2.37. The minimum atomic E-state index is -0.966. The highest BCUT2D eigenvalue weighted by molar-refractivity contribution is 5.94. The molecule has 0 saturated carbocycles. The van der Waals surface area contributed by atoms with Gasteiger partial charge in [0.1, 0.15) is 6.54 Å². The fraction of sp³-hybridized carbons (Fsp3) is 0.550. The number of benzene rings is 1. The lowest BCUT2D eigenvalue weighted by molar-refractivity contribution is -0.146. The fourth-order valence-electron chi connectivity index (χ4n) is 3.96. The molecule has 1 atom stereocenters. The van der Waals surface area contributed by atoms with Crippen LogP contribution >= 0.6 is 0 Å². The number of nitrogens with one attached hydrogen (secondary N) is 1. The number of amides is 2. The van der Waals surface area contributed by atoms with E-state index in [2.05, 4.69) is 10.2 Å². The van der Waals surface area contributed by atoms with Gasteiger partial charge >= 0.3 is 5.97 Å². The molecule has 2 aliphatic heterocycles. The van der Waals surface area contributed by atoms with Crippen molar-refractivity contribution in [2.45, 2.75) is 44.2 Å². The number of nitrogens with zero attached hydrogens (tertiary/aromatic N) is 2. The first-order valence-electron chi connectivity index (χ1n) is 9.65. The number of aliphatic carboxylic acids is 1. The monoisotopic (exact) mass is 373 g/mol. The predicted molar refractivity (Wildman–Crippen MR) is 100 cm³/mol. The largest absolute Gasteiger partial charge is 0.480 e. The maximum atomic E-state index is 12.8. The van der Waals surface area contributed by atoms with Crippen molar-refractivity contribution in [3.63, 3.8) is 0 Å². The molecule has 1 aromatic rings. The molecule has 2 saturated heterocycles. The quantitative estimate of drug-likeness (QED) is 0.813. The Hall–Kier alpha value is -2.41. The van der Waals surface area contributed by atoms with Crippen LogP contribution in [-0.4, -0.2) is 71.0 Å². The van der Waals surface area contributed by atoms with Gasteiger partial charge in [0.25, 0.3) is 5.91 Å². The maximum absolute atomic E-state index is 12.8. The molecule has 2 heterocycles. The maximum Gasteiger partial charge on any atom is 0.323 e. The average Bonchev–Trinajstić information content (AvgIpc) is 2.85. The van der Waals surface area contributed by atoms with E-state index < -0.39 is 5.97 Å². The highest BCUT2D eigenvalue weighted by Gasteiger charge is 2.34. The van der Waals surface area contributed by atoms with Crippen molar-refractivity contribution in [3.05, 3.63) is 35.9 Å². The summed E-state index contributed by atoms with van der Waals surface area (Å²) in [6, 6.07) is 9.03. The summed E-state index contributed by atoms with van der Waals surface area (Å²) < 4.78 is 0. The Morgan fingerprint density at radius 2 is 1.74 bits per heavy atom. The van der Waals surface area contributed by atoms with E-state index in [4.69, 9.17) is 5.11 Å². The van der Waals surface area contributed by atoms with Gasteiger partial charge in [0.15, 0.2) is 0 Å². The van der Waals surface area contributed by atoms with Crippen molar-refractivity contribution >= 4 is 17.8 Å². The van der Waals surface area contributed by atoms with E-state index in [1.807, 2.05) is 18.2 Å². The van der Waals surface area contributed by atoms with E-state index in [1.54, 1.807) is 12.1 Å². The van der Waals surface area contributed by atoms with Crippen LogP contribution in [0.2, 0.25) is 0 Å². The summed E-state index contributed by atoms with van der Waals surface area (Å²) in [5.41, 5.74) is 0.656. The third kappa shape index (κ3) is 5.07. The molecule has 0 aromatic heterocycles. The highest BCUT2D eigenvalue weighted by atomic mass is 16.4. The number of carboxylic acids is 1. The topological polar surface area (TPSA) is 89.9 Å². The molecule has 7 nitrogen and oxygen atoms in total. The Kier molecular flexibility index (Phi) is 6.45. The molecule has 3 rings (SSSR count). The van der Waals surface area contributed by atoms with Gasteiger partial charge in [-0.25, -0.2) is 0 Å². The van der Waals surface area contributed by atoms with E-state index >= 15 is 0 Å². The van der Waals surface area contributed by atoms with Gasteiger partial charge in [-0.1, -0.05) is 18.2 Å². The highest BCUT2D eigenvalue weighted by Crippen LogP contribution is 2.21. The van der Waals surface area contributed by atoms with Gasteiger partial charge in [0.2, 0.25) is 5.91 Å². The summed E-state index contributed by atoms with van der Waals surface area (Å²) in [6.45, 7) is 1.76. The van der Waals surface area contributed by atoms with Crippen molar-refractivity contribution in [1.29, 1.82) is 0 Å². The fourth-order valence-corrected chi connectivity index (χ4v) is 3.96. The Bertz CT molecular complexity index is 671. The average molecular weight is 373 g/mol. The van der Waals surface area contributed by atoms with Gasteiger partial charge in [-0.2, -0.15) is 0 Å². The first-order valence-corrected chi connectivity index (χ1v) is 9.65. The number of hydrogen-bond acceptors (Lipinski definition) is 4. The van der Waals surface area contributed by atoms with E-state index in [0.717, 1.165) is 45.2 Å². The van der Waals surface area contributed by atoms with Crippen LogP contribution in [-0.2, 0) is 9.59 Å². The normalized spacial score (nSPS) is 22.3. The number of piperidine rings is 1. The molecule has 2 aliphatic rings. The van der Waals surface area contributed by atoms with Crippen molar-refractivity contribution in [1.82, 2.24) is 15.1 Å². The standard InChI is InChI=1S/C20H27N3O4/c24-18(25)14-23-11-5-4-8-17(20(23)27)22-12-9-16(10-13-22)21-19(26)15-6-2-1-3-7-15/h1-3,6-7,16-17H,4-5,8-14H2,(H,21,26)(H,24,25). The van der Waals surface area contributed by atoms with Crippen molar-refractivity contribution in [3.8, 4) is 0 Å². The number of hydrogen-bond donors (Lipinski definition) is 2. The number of carboxylic acid groups (broad SMARTS) is 1. The molecular formula is C20H27N3O4. The van der Waals surface area contributed by atoms with Gasteiger partial charge < -0.3 is 15.3 Å². The third-order valence-corrected chi connectivity index (χ3v) is 5.42. The summed E-state index contributed by atoms with van der Waals surface area (Å²) in [5.74, 6) is -1.10. The van der Waals surface area contributed by atoms with Crippen LogP contribution in [0.5, 0.6) is 0 Å². The smallest absolute Gasteiger partial charge is 0.323 e. The summed E-state index contributed by atoms with van der Waals surface area (Å²) in [4.78, 5) is 39.7. The zero-order chi connectivity index (χ0) is 19.2. The number of likely N-dealkylation sites (tertiary alicyclic amines) is 2. The van der Waals surface area contributed by atoms with Crippen LogP contribution in [0, 0.1) is 0 Å². The first kappa shape index (κ1) is 19.4. The van der Waals surface area contributed by atoms with Crippen molar-refractivity contribution in [2.75, 3.05) is 26.2 Å². The van der Waals surface area contributed by atoms with Gasteiger partial charge in [-0.15, -0.1) is 0 Å². The Morgan fingerprint density at radius 3 is 2.41 bits per heavy atom. The van der Waals surface area contributed by atoms with Gasteiger partial charge in [-0.3, -0.25) is 19.3 Å². The Balaban J connectivity index is 1.54. The number of carbonyl (C=O) groups excluding carboxylic acids is 2. The molecule has 2 amide bonds. The second kappa shape index (κ2) is 8.99. The molecule has 146 valence electrons. The minimum Gasteiger partial charge on any atom is -0.480 e. The molecule has 27 heavy (non-hydrogen) atoms. The SMILES string of the molecule is O=C(O)CN1CCCCC(N2CCC(NC(=O)c3ccccc3)CC2)C1=O. The number of rotatable bonds is 5. The number of carbonyl (C=O) groups is 3. The molecule has 2 fully saturated rings. The van der Waals surface area contributed by atoms with E-state index in [9.17, 15) is 14.4 Å². The molecule has 0 radical (unpaired) electrons. The summed E-state index contributed by atoms with van der Waals surface area (Å²) in [6.07, 6.45) is 4.13. The zero-order valence-electron chi connectivity index (χ0n) is 15.5. The van der Waals surface area contributed by atoms with Crippen LogP contribution in [0.25, 0.3) is 0 Å². The predicted octanol–water partition coefficient (Wildman–Crippen LogP) is 1.35. The lowest BCUT2D eigenvalue weighted by Crippen LogP contribution is -2.53. The third-order valence-electron chi connectivity index (χ3n) is 5.42. The van der Waals surface area contributed by atoms with Crippen molar-refractivity contribution in [2.24, 2.45) is 0 Å². The lowest BCUT2D eigenvalue weighted by atomic mass is 10.00. The second-order valence-electron chi connectivity index (χ2n) is 7.31. The molecular weight excluding hydrogens is 346 g/mol. The molecule has 0 aliphatic carbocycles. The Morgan fingerprint density at radius 1 is 1.04 bits per heavy atom. The molecule has 0 spiro atoms. The summed E-state index contributed by atoms with van der Waals surface area (Å²) in [7, 11) is 0. The van der Waals surface area contributed by atoms with Crippen LogP contribution in [0.1, 0.15) is 42.5 Å². The molecule has 1 unspecified atom stereocenters. The Labute approximate surface area is 159 Å². The van der Waals surface area contributed by atoms with Crippen LogP contribution < -0.4 is 5.32 Å². The first-order chi connectivity index (χ1) is 13.0. The van der Waals surface area contributed by atoms with Gasteiger partial charge in [0.05, 0.1) is 6.04 Å². The zero-order valence-corrected chi connectivity index (χ0v) is 15.5. The minimum absolute atomic E-state index is 0.0628. The van der Waals surface area contributed by atoms with E-state index in [-0.39, 0.29) is 30.4 Å². The van der Waals surface area contributed by atoms with Crippen LogP contribution in [0.3, 0.4) is 0 Å². The van der Waals surface area contributed by atoms with Crippen molar-refractivity contribution < 1.29 is 19.5 Å².